The fourth-order valence-corrected chi connectivity index (χ4v) is 3.40. The Morgan fingerprint density at radius 3 is 2.62 bits per heavy atom. The molecule has 5 nitrogen and oxygen atoms in total. The molecule has 0 atom stereocenters. The number of hydrogen-bond donors (Lipinski definition) is 3. The molecule has 5 heteroatoms. The summed E-state index contributed by atoms with van der Waals surface area (Å²) in [5, 5.41) is 11.2. The zero-order chi connectivity index (χ0) is 18.1. The predicted molar refractivity (Wildman–Crippen MR) is 107 cm³/mol. The molecule has 0 amide bonds. The number of H-pyrrole nitrogens is 1. The van der Waals surface area contributed by atoms with Crippen LogP contribution in [-0.2, 0) is 6.54 Å². The van der Waals surface area contributed by atoms with E-state index in [1.807, 2.05) is 37.3 Å². The van der Waals surface area contributed by atoms with Crippen molar-refractivity contribution in [3.8, 4) is 5.88 Å². The lowest BCUT2D eigenvalue weighted by Gasteiger charge is -2.14. The summed E-state index contributed by atoms with van der Waals surface area (Å²) in [6.07, 6.45) is 4.39. The van der Waals surface area contributed by atoms with Gasteiger partial charge in [0.15, 0.2) is 5.88 Å². The van der Waals surface area contributed by atoms with Crippen molar-refractivity contribution in [3.05, 3.63) is 65.7 Å². The second-order valence-corrected chi connectivity index (χ2v) is 6.68. The van der Waals surface area contributed by atoms with Gasteiger partial charge in [-0.2, -0.15) is 0 Å². The van der Waals surface area contributed by atoms with Crippen LogP contribution in [0.15, 0.2) is 59.6 Å². The van der Waals surface area contributed by atoms with Crippen molar-refractivity contribution in [1.29, 1.82) is 0 Å². The molecule has 132 valence electrons. The first-order chi connectivity index (χ1) is 12.6. The number of nitrogens with two attached hydrogens (primary N) is 1. The van der Waals surface area contributed by atoms with Crippen LogP contribution in [0.1, 0.15) is 18.1 Å². The first-order valence-electron chi connectivity index (χ1n) is 8.72. The van der Waals surface area contributed by atoms with Crippen molar-refractivity contribution in [2.75, 3.05) is 18.8 Å². The molecule has 1 aliphatic heterocycles. The highest BCUT2D eigenvalue weighted by Gasteiger charge is 2.14. The van der Waals surface area contributed by atoms with E-state index in [0.717, 1.165) is 41.9 Å². The standard InChI is InChI=1S/C21H22N4O/c1-14(20-18-12-16(22)6-9-19(18)24-21(20)26)23-17-7-4-15(5-8-17)13-25-10-2-3-11-25/h2-9,12,24,26H,10-11,13,22H2,1H3. The molecule has 0 bridgehead atoms. The molecule has 4 N–H and O–H groups in total. The van der Waals surface area contributed by atoms with Crippen molar-refractivity contribution in [1.82, 2.24) is 9.88 Å². The summed E-state index contributed by atoms with van der Waals surface area (Å²) in [4.78, 5) is 10.0. The summed E-state index contributed by atoms with van der Waals surface area (Å²) in [6.45, 7) is 4.87. The molecular weight excluding hydrogens is 324 g/mol. The summed E-state index contributed by atoms with van der Waals surface area (Å²) in [6, 6.07) is 13.8. The Hall–Kier alpha value is -3.05. The lowest BCUT2D eigenvalue weighted by molar-refractivity contribution is 0.345. The second kappa shape index (κ2) is 6.69. The molecular formula is C21H22N4O. The van der Waals surface area contributed by atoms with E-state index in [1.54, 1.807) is 0 Å². The zero-order valence-corrected chi connectivity index (χ0v) is 14.7. The maximum Gasteiger partial charge on any atom is 0.198 e. The molecule has 0 unspecified atom stereocenters. The molecule has 0 spiro atoms. The first kappa shape index (κ1) is 16.4. The summed E-state index contributed by atoms with van der Waals surface area (Å²) in [5.74, 6) is 0.116. The Bertz CT molecular complexity index is 991. The van der Waals surface area contributed by atoms with E-state index in [0.29, 0.717) is 11.3 Å². The maximum atomic E-state index is 10.3. The molecule has 3 aromatic rings. The van der Waals surface area contributed by atoms with Crippen LogP contribution in [0.5, 0.6) is 5.88 Å². The number of nitrogens with one attached hydrogen (secondary N) is 1. The van der Waals surface area contributed by atoms with E-state index in [1.165, 1.54) is 5.56 Å². The summed E-state index contributed by atoms with van der Waals surface area (Å²) in [5.41, 5.74) is 11.0. The molecule has 1 aromatic heterocycles. The van der Waals surface area contributed by atoms with Gasteiger partial charge in [0.1, 0.15) is 0 Å². The Balaban J connectivity index is 1.60. The van der Waals surface area contributed by atoms with E-state index < -0.39 is 0 Å². The van der Waals surface area contributed by atoms with Gasteiger partial charge in [0.2, 0.25) is 0 Å². The number of fused-ring (bicyclic) bond motifs is 1. The molecule has 2 heterocycles. The quantitative estimate of drug-likeness (QED) is 0.380. The van der Waals surface area contributed by atoms with Crippen LogP contribution >= 0.6 is 0 Å². The third-order valence-corrected chi connectivity index (χ3v) is 4.70. The number of anilines is 1. The predicted octanol–water partition coefficient (Wildman–Crippen LogP) is 3.97. The van der Waals surface area contributed by atoms with Crippen LogP contribution in [0.25, 0.3) is 10.9 Å². The zero-order valence-electron chi connectivity index (χ0n) is 14.7. The molecule has 0 fully saturated rings. The molecule has 1 aliphatic rings. The minimum atomic E-state index is 0.116. The largest absolute Gasteiger partial charge is 0.494 e. The van der Waals surface area contributed by atoms with Gasteiger partial charge in [0, 0.05) is 36.2 Å². The number of aliphatic imine (C=N–C) groups is 1. The molecule has 0 saturated carbocycles. The van der Waals surface area contributed by atoms with Crippen LogP contribution in [0.2, 0.25) is 0 Å². The first-order valence-corrected chi connectivity index (χ1v) is 8.72. The van der Waals surface area contributed by atoms with Crippen molar-refractivity contribution in [2.24, 2.45) is 4.99 Å². The number of aromatic hydroxyl groups is 1. The monoisotopic (exact) mass is 346 g/mol. The van der Waals surface area contributed by atoms with Crippen LogP contribution in [-0.4, -0.2) is 33.8 Å². The molecule has 0 radical (unpaired) electrons. The average Bonchev–Trinajstić information content (AvgIpc) is 3.23. The van der Waals surface area contributed by atoms with Crippen molar-refractivity contribution < 1.29 is 5.11 Å². The van der Waals surface area contributed by atoms with Gasteiger partial charge in [-0.05, 0) is 42.8 Å². The number of aromatic amines is 1. The van der Waals surface area contributed by atoms with Crippen LogP contribution in [0, 0.1) is 0 Å². The van der Waals surface area contributed by atoms with Crippen LogP contribution in [0.4, 0.5) is 11.4 Å². The number of hydrogen-bond acceptors (Lipinski definition) is 4. The summed E-state index contributed by atoms with van der Waals surface area (Å²) in [7, 11) is 0. The van der Waals surface area contributed by atoms with E-state index in [2.05, 4.69) is 39.2 Å². The van der Waals surface area contributed by atoms with Crippen LogP contribution < -0.4 is 5.73 Å². The molecule has 0 saturated heterocycles. The highest BCUT2D eigenvalue weighted by molar-refractivity contribution is 6.13. The molecule has 2 aromatic carbocycles. The van der Waals surface area contributed by atoms with Crippen LogP contribution in [0.3, 0.4) is 0 Å². The van der Waals surface area contributed by atoms with Gasteiger partial charge in [-0.3, -0.25) is 9.89 Å². The van der Waals surface area contributed by atoms with Gasteiger partial charge in [0.05, 0.1) is 17.0 Å². The lowest BCUT2D eigenvalue weighted by atomic mass is 10.1. The number of nitrogen functional groups attached to an aromatic ring is 1. The number of benzene rings is 2. The Morgan fingerprint density at radius 2 is 1.88 bits per heavy atom. The second-order valence-electron chi connectivity index (χ2n) is 6.68. The average molecular weight is 346 g/mol. The fourth-order valence-electron chi connectivity index (χ4n) is 3.40. The van der Waals surface area contributed by atoms with Crippen molar-refractivity contribution in [3.63, 3.8) is 0 Å². The van der Waals surface area contributed by atoms with Gasteiger partial charge in [-0.15, -0.1) is 0 Å². The number of aromatic nitrogens is 1. The highest BCUT2D eigenvalue weighted by atomic mass is 16.3. The summed E-state index contributed by atoms with van der Waals surface area (Å²) >= 11 is 0. The number of rotatable bonds is 4. The third-order valence-electron chi connectivity index (χ3n) is 4.70. The van der Waals surface area contributed by atoms with Gasteiger partial charge in [-0.1, -0.05) is 24.3 Å². The van der Waals surface area contributed by atoms with E-state index in [9.17, 15) is 5.11 Å². The Kier molecular flexibility index (Phi) is 4.22. The molecule has 4 rings (SSSR count). The SMILES string of the molecule is CC(=Nc1ccc(CN2CC=CC2)cc1)c1c(O)[nH]c2ccc(N)cc12. The van der Waals surface area contributed by atoms with Gasteiger partial charge < -0.3 is 15.8 Å². The van der Waals surface area contributed by atoms with Gasteiger partial charge in [0.25, 0.3) is 0 Å². The van der Waals surface area contributed by atoms with E-state index in [4.69, 9.17) is 5.73 Å². The maximum absolute atomic E-state index is 10.3. The minimum Gasteiger partial charge on any atom is -0.494 e. The van der Waals surface area contributed by atoms with Gasteiger partial charge in [-0.25, -0.2) is 0 Å². The fraction of sp³-hybridized carbons (Fsp3) is 0.190. The number of nitrogens with zero attached hydrogens (tertiary/aromatic N) is 2. The normalized spacial score (nSPS) is 15.2. The van der Waals surface area contributed by atoms with E-state index >= 15 is 0 Å². The lowest BCUT2D eigenvalue weighted by Crippen LogP contribution is -2.18. The molecule has 0 aliphatic carbocycles. The summed E-state index contributed by atoms with van der Waals surface area (Å²) < 4.78 is 0. The Morgan fingerprint density at radius 1 is 1.15 bits per heavy atom. The van der Waals surface area contributed by atoms with Crippen molar-refractivity contribution in [2.45, 2.75) is 13.5 Å². The topological polar surface area (TPSA) is 77.6 Å². The smallest absolute Gasteiger partial charge is 0.198 e. The van der Waals surface area contributed by atoms with E-state index in [-0.39, 0.29) is 5.88 Å². The Labute approximate surface area is 152 Å². The van der Waals surface area contributed by atoms with Gasteiger partial charge >= 0.3 is 0 Å². The molecule has 26 heavy (non-hydrogen) atoms. The highest BCUT2D eigenvalue weighted by Crippen LogP contribution is 2.30. The van der Waals surface area contributed by atoms with Crippen molar-refractivity contribution >= 4 is 28.0 Å². The minimum absolute atomic E-state index is 0.116. The third kappa shape index (κ3) is 3.21.